The minimum Gasteiger partial charge on any atom is -0.444 e. The summed E-state index contributed by atoms with van der Waals surface area (Å²) in [7, 11) is 0. The van der Waals surface area contributed by atoms with E-state index in [0.29, 0.717) is 13.2 Å². The molecule has 1 aliphatic carbocycles. The van der Waals surface area contributed by atoms with Crippen LogP contribution in [0.3, 0.4) is 0 Å². The van der Waals surface area contributed by atoms with Crippen molar-refractivity contribution in [3.05, 3.63) is 0 Å². The molecule has 3 atom stereocenters. The van der Waals surface area contributed by atoms with Gasteiger partial charge in [-0.15, -0.1) is 0 Å². The molecular formula is C13H23NO4. The van der Waals surface area contributed by atoms with Gasteiger partial charge in [-0.3, -0.25) is 0 Å². The molecule has 1 N–H and O–H groups in total. The lowest BCUT2D eigenvalue weighted by atomic mass is 10.1. The van der Waals surface area contributed by atoms with Crippen LogP contribution in [0.4, 0.5) is 4.79 Å². The highest BCUT2D eigenvalue weighted by Gasteiger charge is 2.43. The van der Waals surface area contributed by atoms with Crippen molar-refractivity contribution in [1.82, 2.24) is 4.90 Å². The number of carbonyl (C=O) groups is 1. The molecule has 0 spiro atoms. The highest BCUT2D eigenvalue weighted by Crippen LogP contribution is 2.34. The Labute approximate surface area is 108 Å². The van der Waals surface area contributed by atoms with Gasteiger partial charge >= 0.3 is 6.09 Å². The van der Waals surface area contributed by atoms with E-state index in [1.807, 2.05) is 20.8 Å². The molecule has 0 aromatic heterocycles. The van der Waals surface area contributed by atoms with Gasteiger partial charge in [-0.1, -0.05) is 0 Å². The van der Waals surface area contributed by atoms with Crippen molar-refractivity contribution in [2.45, 2.75) is 51.4 Å². The summed E-state index contributed by atoms with van der Waals surface area (Å²) in [5, 5.41) is 9.23. The van der Waals surface area contributed by atoms with E-state index in [2.05, 4.69) is 0 Å². The van der Waals surface area contributed by atoms with Gasteiger partial charge in [0.1, 0.15) is 5.60 Å². The molecule has 2 rings (SSSR count). The predicted molar refractivity (Wildman–Crippen MR) is 66.3 cm³/mol. The maximum absolute atomic E-state index is 12.1. The first-order chi connectivity index (χ1) is 8.40. The number of aliphatic hydroxyl groups is 1. The second-order valence-corrected chi connectivity index (χ2v) is 6.17. The Kier molecular flexibility index (Phi) is 3.82. The summed E-state index contributed by atoms with van der Waals surface area (Å²) >= 11 is 0. The van der Waals surface area contributed by atoms with Gasteiger partial charge in [-0.25, -0.2) is 4.79 Å². The number of fused-ring (bicyclic) bond motifs is 1. The van der Waals surface area contributed by atoms with Crippen LogP contribution in [0.2, 0.25) is 0 Å². The van der Waals surface area contributed by atoms with Crippen LogP contribution in [0.15, 0.2) is 0 Å². The third-order valence-corrected chi connectivity index (χ3v) is 3.52. The van der Waals surface area contributed by atoms with Crippen LogP contribution >= 0.6 is 0 Å². The molecule has 0 aromatic carbocycles. The van der Waals surface area contributed by atoms with Crippen LogP contribution in [-0.2, 0) is 9.47 Å². The SMILES string of the molecule is CC(C)(C)OC(=O)N1CCO[C@H]2CC(CO)C[C@@H]21. The first-order valence-corrected chi connectivity index (χ1v) is 6.63. The highest BCUT2D eigenvalue weighted by atomic mass is 16.6. The smallest absolute Gasteiger partial charge is 0.410 e. The van der Waals surface area contributed by atoms with Gasteiger partial charge in [0, 0.05) is 13.2 Å². The molecular weight excluding hydrogens is 234 g/mol. The fourth-order valence-electron chi connectivity index (χ4n) is 2.75. The summed E-state index contributed by atoms with van der Waals surface area (Å²) < 4.78 is 11.1. The lowest BCUT2D eigenvalue weighted by molar-refractivity contribution is -0.0635. The minimum absolute atomic E-state index is 0.0587. The van der Waals surface area contributed by atoms with Gasteiger partial charge in [0.05, 0.1) is 18.8 Å². The van der Waals surface area contributed by atoms with Crippen LogP contribution in [-0.4, -0.2) is 53.6 Å². The molecule has 2 fully saturated rings. The topological polar surface area (TPSA) is 59.0 Å². The number of amides is 1. The molecule has 1 unspecified atom stereocenters. The van der Waals surface area contributed by atoms with Crippen molar-refractivity contribution in [3.8, 4) is 0 Å². The summed E-state index contributed by atoms with van der Waals surface area (Å²) in [4.78, 5) is 13.9. The van der Waals surface area contributed by atoms with Crippen LogP contribution < -0.4 is 0 Å². The number of aliphatic hydroxyl groups excluding tert-OH is 1. The molecule has 0 radical (unpaired) electrons. The first kappa shape index (κ1) is 13.6. The molecule has 1 aliphatic heterocycles. The number of morpholine rings is 1. The van der Waals surface area contributed by atoms with E-state index in [-0.39, 0.29) is 30.8 Å². The molecule has 5 heteroatoms. The highest BCUT2D eigenvalue weighted by molar-refractivity contribution is 5.68. The fraction of sp³-hybridized carbons (Fsp3) is 0.923. The monoisotopic (exact) mass is 257 g/mol. The van der Waals surface area contributed by atoms with Gasteiger partial charge in [-0.2, -0.15) is 0 Å². The summed E-state index contributed by atoms with van der Waals surface area (Å²) in [6, 6.07) is 0.0609. The Hall–Kier alpha value is -0.810. The minimum atomic E-state index is -0.472. The van der Waals surface area contributed by atoms with Crippen LogP contribution in [0.1, 0.15) is 33.6 Å². The largest absolute Gasteiger partial charge is 0.444 e. The average molecular weight is 257 g/mol. The number of nitrogens with zero attached hydrogens (tertiary/aromatic N) is 1. The van der Waals surface area contributed by atoms with Gasteiger partial charge in [-0.05, 0) is 39.5 Å². The zero-order valence-electron chi connectivity index (χ0n) is 11.4. The molecule has 18 heavy (non-hydrogen) atoms. The Morgan fingerprint density at radius 1 is 1.44 bits per heavy atom. The summed E-state index contributed by atoms with van der Waals surface area (Å²) in [6.45, 7) is 6.90. The number of ether oxygens (including phenoxy) is 2. The molecule has 1 saturated carbocycles. The van der Waals surface area contributed by atoms with Crippen molar-refractivity contribution in [2.24, 2.45) is 5.92 Å². The Bertz CT molecular complexity index is 313. The molecule has 0 aromatic rings. The summed E-state index contributed by atoms with van der Waals surface area (Å²) in [5.41, 5.74) is -0.472. The quantitative estimate of drug-likeness (QED) is 0.771. The van der Waals surface area contributed by atoms with Crippen LogP contribution in [0.25, 0.3) is 0 Å². The lowest BCUT2D eigenvalue weighted by Crippen LogP contribution is -2.52. The molecule has 2 aliphatic rings. The zero-order valence-corrected chi connectivity index (χ0v) is 11.4. The van der Waals surface area contributed by atoms with Gasteiger partial charge < -0.3 is 19.5 Å². The second kappa shape index (κ2) is 5.05. The molecule has 5 nitrogen and oxygen atoms in total. The average Bonchev–Trinajstić information content (AvgIpc) is 2.68. The predicted octanol–water partition coefficient (Wildman–Crippen LogP) is 1.39. The van der Waals surface area contributed by atoms with E-state index in [9.17, 15) is 9.90 Å². The molecule has 1 amide bonds. The molecule has 1 heterocycles. The van der Waals surface area contributed by atoms with E-state index < -0.39 is 5.60 Å². The maximum Gasteiger partial charge on any atom is 0.410 e. The standard InChI is InChI=1S/C13H23NO4/c1-13(2,3)18-12(16)14-4-5-17-11-7-9(8-15)6-10(11)14/h9-11,15H,4-8H2,1-3H3/t9?,10-,11-/m0/s1. The Balaban J connectivity index is 2.02. The van der Waals surface area contributed by atoms with E-state index in [0.717, 1.165) is 12.8 Å². The third-order valence-electron chi connectivity index (χ3n) is 3.52. The first-order valence-electron chi connectivity index (χ1n) is 6.63. The number of hydrogen-bond acceptors (Lipinski definition) is 4. The van der Waals surface area contributed by atoms with Crippen molar-refractivity contribution in [2.75, 3.05) is 19.8 Å². The van der Waals surface area contributed by atoms with E-state index in [1.165, 1.54) is 0 Å². The molecule has 1 saturated heterocycles. The van der Waals surface area contributed by atoms with E-state index in [4.69, 9.17) is 9.47 Å². The van der Waals surface area contributed by atoms with Gasteiger partial charge in [0.15, 0.2) is 0 Å². The number of carbonyl (C=O) groups excluding carboxylic acids is 1. The van der Waals surface area contributed by atoms with Crippen molar-refractivity contribution in [1.29, 1.82) is 0 Å². The second-order valence-electron chi connectivity index (χ2n) is 6.17. The summed E-state index contributed by atoms with van der Waals surface area (Å²) in [5.74, 6) is 0.239. The maximum atomic E-state index is 12.1. The number of rotatable bonds is 1. The van der Waals surface area contributed by atoms with Crippen LogP contribution in [0, 0.1) is 5.92 Å². The lowest BCUT2D eigenvalue weighted by Gasteiger charge is -2.38. The Morgan fingerprint density at radius 3 is 2.78 bits per heavy atom. The summed E-state index contributed by atoms with van der Waals surface area (Å²) in [6.07, 6.45) is 1.43. The number of hydrogen-bond donors (Lipinski definition) is 1. The van der Waals surface area contributed by atoms with Crippen molar-refractivity contribution in [3.63, 3.8) is 0 Å². The molecule has 0 bridgehead atoms. The van der Waals surface area contributed by atoms with Crippen molar-refractivity contribution >= 4 is 6.09 Å². The van der Waals surface area contributed by atoms with Gasteiger partial charge in [0.25, 0.3) is 0 Å². The fourth-order valence-corrected chi connectivity index (χ4v) is 2.75. The Morgan fingerprint density at radius 2 is 2.17 bits per heavy atom. The molecule has 104 valence electrons. The van der Waals surface area contributed by atoms with Crippen LogP contribution in [0.5, 0.6) is 0 Å². The van der Waals surface area contributed by atoms with Gasteiger partial charge in [0.2, 0.25) is 0 Å². The zero-order chi connectivity index (χ0) is 13.3. The van der Waals surface area contributed by atoms with E-state index in [1.54, 1.807) is 4.90 Å². The normalized spacial score (nSPS) is 32.2. The van der Waals surface area contributed by atoms with Crippen molar-refractivity contribution < 1.29 is 19.4 Å². The van der Waals surface area contributed by atoms with E-state index >= 15 is 0 Å². The third kappa shape index (κ3) is 2.95.